The Hall–Kier alpha value is -1.88. The molecule has 0 fully saturated rings. The molecule has 0 aromatic heterocycles. The molecule has 116 valence electrons. The van der Waals surface area contributed by atoms with E-state index in [0.29, 0.717) is 18.5 Å². The number of carbonyl (C=O) groups excluding carboxylic acids is 2. The van der Waals surface area contributed by atoms with Gasteiger partial charge in [-0.3, -0.25) is 9.59 Å². The van der Waals surface area contributed by atoms with Crippen molar-refractivity contribution in [2.24, 2.45) is 5.41 Å². The van der Waals surface area contributed by atoms with Gasteiger partial charge < -0.3 is 15.7 Å². The first-order valence-electron chi connectivity index (χ1n) is 7.07. The summed E-state index contributed by atoms with van der Waals surface area (Å²) in [6.45, 7) is 6.29. The normalized spacial score (nSPS) is 11.0. The van der Waals surface area contributed by atoms with Gasteiger partial charge in [-0.2, -0.15) is 0 Å². The van der Waals surface area contributed by atoms with Gasteiger partial charge in [-0.1, -0.05) is 32.0 Å². The van der Waals surface area contributed by atoms with Crippen molar-refractivity contribution in [1.29, 1.82) is 0 Å². The predicted octanol–water partition coefficient (Wildman–Crippen LogP) is 1.25. The molecule has 0 unspecified atom stereocenters. The molecule has 0 aliphatic carbocycles. The molecular formula is C16H24N2O3. The van der Waals surface area contributed by atoms with Crippen molar-refractivity contribution >= 4 is 11.8 Å². The summed E-state index contributed by atoms with van der Waals surface area (Å²) in [5, 5.41) is 14.3. The van der Waals surface area contributed by atoms with Gasteiger partial charge in [0, 0.05) is 18.7 Å². The second-order valence-electron chi connectivity index (χ2n) is 5.91. The van der Waals surface area contributed by atoms with Crippen LogP contribution in [-0.4, -0.2) is 36.6 Å². The summed E-state index contributed by atoms with van der Waals surface area (Å²) in [7, 11) is 0. The largest absolute Gasteiger partial charge is 0.396 e. The van der Waals surface area contributed by atoms with Crippen molar-refractivity contribution in [2.75, 3.05) is 19.7 Å². The SMILES string of the molecule is Cc1ccccc1C(=O)NCC(=O)NCC(C)(C)CCO. The zero-order valence-electron chi connectivity index (χ0n) is 12.9. The molecule has 0 aliphatic heterocycles. The Balaban J connectivity index is 2.40. The van der Waals surface area contributed by atoms with E-state index in [0.717, 1.165) is 5.56 Å². The van der Waals surface area contributed by atoms with E-state index in [1.807, 2.05) is 32.9 Å². The Kier molecular flexibility index (Phi) is 6.37. The van der Waals surface area contributed by atoms with Crippen LogP contribution < -0.4 is 10.6 Å². The lowest BCUT2D eigenvalue weighted by Gasteiger charge is -2.23. The smallest absolute Gasteiger partial charge is 0.251 e. The van der Waals surface area contributed by atoms with E-state index in [-0.39, 0.29) is 30.4 Å². The summed E-state index contributed by atoms with van der Waals surface area (Å²) in [6, 6.07) is 7.24. The van der Waals surface area contributed by atoms with Gasteiger partial charge in [-0.15, -0.1) is 0 Å². The van der Waals surface area contributed by atoms with E-state index in [9.17, 15) is 9.59 Å². The standard InChI is InChI=1S/C16H24N2O3/c1-12-6-4-5-7-13(12)15(21)17-10-14(20)18-11-16(2,3)8-9-19/h4-7,19H,8-11H2,1-3H3,(H,17,21)(H,18,20). The minimum atomic E-state index is -0.252. The minimum absolute atomic E-state index is 0.0532. The lowest BCUT2D eigenvalue weighted by atomic mass is 9.90. The maximum absolute atomic E-state index is 11.9. The van der Waals surface area contributed by atoms with Crippen LogP contribution in [0.4, 0.5) is 0 Å². The number of amides is 2. The molecule has 5 heteroatoms. The van der Waals surface area contributed by atoms with Crippen LogP contribution >= 0.6 is 0 Å². The number of rotatable bonds is 7. The predicted molar refractivity (Wildman–Crippen MR) is 82.0 cm³/mol. The van der Waals surface area contributed by atoms with Gasteiger partial charge in [0.05, 0.1) is 6.54 Å². The highest BCUT2D eigenvalue weighted by Crippen LogP contribution is 2.17. The Bertz CT molecular complexity index is 498. The number of aryl methyl sites for hydroxylation is 1. The Labute approximate surface area is 125 Å². The number of hydrogen-bond acceptors (Lipinski definition) is 3. The molecular weight excluding hydrogens is 268 g/mol. The van der Waals surface area contributed by atoms with Crippen LogP contribution in [0.25, 0.3) is 0 Å². The van der Waals surface area contributed by atoms with E-state index in [4.69, 9.17) is 5.11 Å². The van der Waals surface area contributed by atoms with Gasteiger partial charge in [0.1, 0.15) is 0 Å². The average Bonchev–Trinajstić information content (AvgIpc) is 2.43. The first-order valence-corrected chi connectivity index (χ1v) is 7.07. The van der Waals surface area contributed by atoms with Crippen LogP contribution in [0.2, 0.25) is 0 Å². The van der Waals surface area contributed by atoms with Crippen molar-refractivity contribution in [2.45, 2.75) is 27.2 Å². The summed E-state index contributed by atoms with van der Waals surface area (Å²) in [4.78, 5) is 23.7. The molecule has 0 atom stereocenters. The van der Waals surface area contributed by atoms with Gasteiger partial charge >= 0.3 is 0 Å². The van der Waals surface area contributed by atoms with E-state index in [1.54, 1.807) is 12.1 Å². The third kappa shape index (κ3) is 5.95. The van der Waals surface area contributed by atoms with E-state index in [2.05, 4.69) is 10.6 Å². The second kappa shape index (κ2) is 7.78. The molecule has 0 radical (unpaired) electrons. The number of hydrogen-bond donors (Lipinski definition) is 3. The zero-order chi connectivity index (χ0) is 15.9. The van der Waals surface area contributed by atoms with Crippen molar-refractivity contribution in [3.63, 3.8) is 0 Å². The highest BCUT2D eigenvalue weighted by atomic mass is 16.3. The van der Waals surface area contributed by atoms with Crippen molar-refractivity contribution in [3.05, 3.63) is 35.4 Å². The molecule has 1 aromatic carbocycles. The Morgan fingerprint density at radius 3 is 2.48 bits per heavy atom. The molecule has 5 nitrogen and oxygen atoms in total. The molecule has 0 saturated carbocycles. The lowest BCUT2D eigenvalue weighted by Crippen LogP contribution is -2.41. The maximum atomic E-state index is 11.9. The average molecular weight is 292 g/mol. The molecule has 21 heavy (non-hydrogen) atoms. The minimum Gasteiger partial charge on any atom is -0.396 e. The molecule has 0 aliphatic rings. The monoisotopic (exact) mass is 292 g/mol. The highest BCUT2D eigenvalue weighted by Gasteiger charge is 2.18. The fourth-order valence-corrected chi connectivity index (χ4v) is 1.87. The topological polar surface area (TPSA) is 78.4 Å². The maximum Gasteiger partial charge on any atom is 0.251 e. The first-order chi connectivity index (χ1) is 9.85. The van der Waals surface area contributed by atoms with Gasteiger partial charge in [-0.25, -0.2) is 0 Å². The highest BCUT2D eigenvalue weighted by molar-refractivity contribution is 5.97. The summed E-state index contributed by atoms with van der Waals surface area (Å²) in [5.74, 6) is -0.485. The van der Waals surface area contributed by atoms with E-state index >= 15 is 0 Å². The summed E-state index contributed by atoms with van der Waals surface area (Å²) < 4.78 is 0. The van der Waals surface area contributed by atoms with Crippen molar-refractivity contribution in [3.8, 4) is 0 Å². The zero-order valence-corrected chi connectivity index (χ0v) is 12.9. The van der Waals surface area contributed by atoms with E-state index < -0.39 is 0 Å². The van der Waals surface area contributed by atoms with Crippen molar-refractivity contribution < 1.29 is 14.7 Å². The Morgan fingerprint density at radius 1 is 1.19 bits per heavy atom. The molecule has 2 amide bonds. The van der Waals surface area contributed by atoms with Crippen LogP contribution in [0.1, 0.15) is 36.2 Å². The quantitative estimate of drug-likeness (QED) is 0.707. The Morgan fingerprint density at radius 2 is 1.86 bits per heavy atom. The van der Waals surface area contributed by atoms with Gasteiger partial charge in [0.25, 0.3) is 5.91 Å². The molecule has 1 rings (SSSR count). The summed E-state index contributed by atoms with van der Waals surface area (Å²) >= 11 is 0. The molecule has 0 spiro atoms. The fourth-order valence-electron chi connectivity index (χ4n) is 1.87. The molecule has 0 saturated heterocycles. The van der Waals surface area contributed by atoms with Gasteiger partial charge in [0.15, 0.2) is 0 Å². The van der Waals surface area contributed by atoms with Crippen LogP contribution in [0.15, 0.2) is 24.3 Å². The molecule has 1 aromatic rings. The fraction of sp³-hybridized carbons (Fsp3) is 0.500. The summed E-state index contributed by atoms with van der Waals surface area (Å²) in [6.07, 6.45) is 0.614. The lowest BCUT2D eigenvalue weighted by molar-refractivity contribution is -0.120. The number of benzene rings is 1. The number of aliphatic hydroxyl groups is 1. The third-order valence-corrected chi connectivity index (χ3v) is 3.35. The summed E-state index contributed by atoms with van der Waals surface area (Å²) in [5.41, 5.74) is 1.29. The van der Waals surface area contributed by atoms with Gasteiger partial charge in [-0.05, 0) is 30.4 Å². The van der Waals surface area contributed by atoms with Crippen LogP contribution in [0.3, 0.4) is 0 Å². The van der Waals surface area contributed by atoms with Crippen molar-refractivity contribution in [1.82, 2.24) is 10.6 Å². The van der Waals surface area contributed by atoms with Crippen LogP contribution in [0.5, 0.6) is 0 Å². The molecule has 3 N–H and O–H groups in total. The number of aliphatic hydroxyl groups excluding tert-OH is 1. The molecule has 0 bridgehead atoms. The number of carbonyl (C=O) groups is 2. The van der Waals surface area contributed by atoms with Gasteiger partial charge in [0.2, 0.25) is 5.91 Å². The second-order valence-corrected chi connectivity index (χ2v) is 5.91. The third-order valence-electron chi connectivity index (χ3n) is 3.35. The van der Waals surface area contributed by atoms with Crippen LogP contribution in [0, 0.1) is 12.3 Å². The van der Waals surface area contributed by atoms with Crippen LogP contribution in [-0.2, 0) is 4.79 Å². The van der Waals surface area contributed by atoms with E-state index in [1.165, 1.54) is 0 Å². The number of nitrogens with one attached hydrogen (secondary N) is 2. The molecule has 0 heterocycles. The first kappa shape index (κ1) is 17.2.